The molecule has 2 aromatic carbocycles. The molecule has 124 valence electrons. The molecule has 0 saturated heterocycles. The number of hydrogen-bond acceptors (Lipinski definition) is 6. The number of rotatable bonds is 5. The number of hydrazone groups is 1. The number of anilines is 1. The molecule has 0 aliphatic heterocycles. The average Bonchev–Trinajstić information content (AvgIpc) is 3.04. The zero-order valence-corrected chi connectivity index (χ0v) is 14.2. The van der Waals surface area contributed by atoms with Gasteiger partial charge in [0.1, 0.15) is 6.04 Å². The molecule has 0 aliphatic rings. The molecule has 25 heavy (non-hydrogen) atoms. The highest BCUT2D eigenvalue weighted by Gasteiger charge is 2.14. The number of carbonyl (C=O) groups is 1. The van der Waals surface area contributed by atoms with E-state index >= 15 is 0 Å². The third kappa shape index (κ3) is 4.19. The van der Waals surface area contributed by atoms with E-state index in [1.807, 2.05) is 30.3 Å². The molecule has 0 fully saturated rings. The second-order valence-corrected chi connectivity index (χ2v) is 6.35. The van der Waals surface area contributed by atoms with E-state index in [4.69, 9.17) is 5.26 Å². The molecule has 0 radical (unpaired) electrons. The summed E-state index contributed by atoms with van der Waals surface area (Å²) in [6, 6.07) is 16.3. The molecule has 0 spiro atoms. The molecule has 0 bridgehead atoms. The van der Waals surface area contributed by atoms with E-state index in [-0.39, 0.29) is 5.91 Å². The lowest BCUT2D eigenvalue weighted by atomic mass is 10.2. The standard InChI is InChI=1S/C18H15N5OS/c1-12(21-18-22-15-4-2-3-5-16(15)25-18)17(24)23-20-11-14-8-6-13(10-19)7-9-14/h2-9,11-12H,1H3,(H,21,22)(H,23,24)/b20-11-/t12-/m1/s1. The third-order valence-corrected chi connectivity index (χ3v) is 4.42. The van der Waals surface area contributed by atoms with Crippen LogP contribution in [0.3, 0.4) is 0 Å². The van der Waals surface area contributed by atoms with Gasteiger partial charge in [-0.15, -0.1) is 0 Å². The maximum Gasteiger partial charge on any atom is 0.262 e. The van der Waals surface area contributed by atoms with Gasteiger partial charge >= 0.3 is 0 Å². The first kappa shape index (κ1) is 16.6. The number of benzene rings is 2. The number of fused-ring (bicyclic) bond motifs is 1. The van der Waals surface area contributed by atoms with Crippen molar-refractivity contribution in [3.8, 4) is 6.07 Å². The molecule has 1 atom stereocenters. The first-order valence-corrected chi connectivity index (χ1v) is 8.42. The van der Waals surface area contributed by atoms with Crippen molar-refractivity contribution in [3.05, 3.63) is 59.7 Å². The molecule has 0 unspecified atom stereocenters. The lowest BCUT2D eigenvalue weighted by molar-refractivity contribution is -0.121. The van der Waals surface area contributed by atoms with Crippen LogP contribution in [0.5, 0.6) is 0 Å². The number of para-hydroxylation sites is 1. The van der Waals surface area contributed by atoms with Crippen LogP contribution in [0, 0.1) is 11.3 Å². The van der Waals surface area contributed by atoms with E-state index in [0.717, 1.165) is 15.8 Å². The van der Waals surface area contributed by atoms with Gasteiger partial charge in [0.25, 0.3) is 5.91 Å². The van der Waals surface area contributed by atoms with Gasteiger partial charge in [0.05, 0.1) is 28.1 Å². The topological polar surface area (TPSA) is 90.2 Å². The molecular formula is C18H15N5OS. The molecule has 6 nitrogen and oxygen atoms in total. The Morgan fingerprint density at radius 1 is 1.28 bits per heavy atom. The molecule has 2 N–H and O–H groups in total. The summed E-state index contributed by atoms with van der Waals surface area (Å²) in [5.74, 6) is -0.260. The molecule has 0 aliphatic carbocycles. The Morgan fingerprint density at radius 3 is 2.76 bits per heavy atom. The van der Waals surface area contributed by atoms with Gasteiger partial charge in [0, 0.05) is 0 Å². The van der Waals surface area contributed by atoms with Crippen molar-refractivity contribution in [3.63, 3.8) is 0 Å². The number of nitriles is 1. The summed E-state index contributed by atoms with van der Waals surface area (Å²) < 4.78 is 1.07. The number of nitrogens with one attached hydrogen (secondary N) is 2. The Kier molecular flexibility index (Phi) is 5.02. The fraction of sp³-hybridized carbons (Fsp3) is 0.111. The second kappa shape index (κ2) is 7.55. The predicted octanol–water partition coefficient (Wildman–Crippen LogP) is 3.12. The smallest absolute Gasteiger partial charge is 0.262 e. The van der Waals surface area contributed by atoms with Crippen molar-refractivity contribution in [2.75, 3.05) is 5.32 Å². The van der Waals surface area contributed by atoms with Crippen molar-refractivity contribution < 1.29 is 4.79 Å². The van der Waals surface area contributed by atoms with Crippen LogP contribution in [0.1, 0.15) is 18.1 Å². The first-order valence-electron chi connectivity index (χ1n) is 7.61. The van der Waals surface area contributed by atoms with Crippen LogP contribution in [-0.2, 0) is 4.79 Å². The maximum atomic E-state index is 12.1. The number of amides is 1. The summed E-state index contributed by atoms with van der Waals surface area (Å²) in [5.41, 5.74) is 4.77. The molecule has 1 amide bonds. The SMILES string of the molecule is C[C@@H](Nc1nc2ccccc2s1)C(=O)N/N=C\c1ccc(C#N)cc1. The van der Waals surface area contributed by atoms with E-state index in [0.29, 0.717) is 10.7 Å². The van der Waals surface area contributed by atoms with Crippen LogP contribution < -0.4 is 10.7 Å². The highest BCUT2D eigenvalue weighted by molar-refractivity contribution is 7.22. The van der Waals surface area contributed by atoms with E-state index < -0.39 is 6.04 Å². The van der Waals surface area contributed by atoms with Gasteiger partial charge in [-0.2, -0.15) is 10.4 Å². The van der Waals surface area contributed by atoms with Crippen molar-refractivity contribution >= 4 is 38.8 Å². The quantitative estimate of drug-likeness (QED) is 0.547. The normalized spacial score (nSPS) is 12.0. The van der Waals surface area contributed by atoms with Crippen molar-refractivity contribution in [2.24, 2.45) is 5.10 Å². The number of hydrogen-bond donors (Lipinski definition) is 2. The van der Waals surface area contributed by atoms with Crippen molar-refractivity contribution in [1.82, 2.24) is 10.4 Å². The lowest BCUT2D eigenvalue weighted by Gasteiger charge is -2.10. The lowest BCUT2D eigenvalue weighted by Crippen LogP contribution is -2.34. The monoisotopic (exact) mass is 349 g/mol. The van der Waals surface area contributed by atoms with Gasteiger partial charge in [-0.1, -0.05) is 35.6 Å². The van der Waals surface area contributed by atoms with E-state index in [1.54, 1.807) is 31.2 Å². The van der Waals surface area contributed by atoms with Gasteiger partial charge in [0.2, 0.25) is 0 Å². The zero-order valence-electron chi connectivity index (χ0n) is 13.4. The Labute approximate surface area is 148 Å². The Hall–Kier alpha value is -3.24. The molecule has 1 heterocycles. The van der Waals surface area contributed by atoms with Crippen molar-refractivity contribution in [1.29, 1.82) is 5.26 Å². The van der Waals surface area contributed by atoms with Crippen LogP contribution in [0.4, 0.5) is 5.13 Å². The van der Waals surface area contributed by atoms with E-state index in [2.05, 4.69) is 20.8 Å². The number of carbonyl (C=O) groups excluding carboxylic acids is 1. The van der Waals surface area contributed by atoms with Crippen LogP contribution in [0.25, 0.3) is 10.2 Å². The second-order valence-electron chi connectivity index (χ2n) is 5.32. The predicted molar refractivity (Wildman–Crippen MR) is 99.6 cm³/mol. The van der Waals surface area contributed by atoms with Crippen molar-refractivity contribution in [2.45, 2.75) is 13.0 Å². The van der Waals surface area contributed by atoms with Crippen LogP contribution in [0.2, 0.25) is 0 Å². The first-order chi connectivity index (χ1) is 12.2. The Balaban J connectivity index is 1.56. The summed E-state index contributed by atoms with van der Waals surface area (Å²) in [4.78, 5) is 16.5. The minimum Gasteiger partial charge on any atom is -0.350 e. The summed E-state index contributed by atoms with van der Waals surface area (Å²) in [6.45, 7) is 1.75. The van der Waals surface area contributed by atoms with Crippen LogP contribution >= 0.6 is 11.3 Å². The van der Waals surface area contributed by atoms with E-state index in [1.165, 1.54) is 17.6 Å². The Morgan fingerprint density at radius 2 is 2.04 bits per heavy atom. The van der Waals surface area contributed by atoms with Gasteiger partial charge in [-0.05, 0) is 36.8 Å². The summed E-state index contributed by atoms with van der Waals surface area (Å²) in [5, 5.41) is 16.5. The fourth-order valence-corrected chi connectivity index (χ4v) is 3.05. The highest BCUT2D eigenvalue weighted by Crippen LogP contribution is 2.25. The summed E-state index contributed by atoms with van der Waals surface area (Å²) in [6.07, 6.45) is 1.53. The molecule has 7 heteroatoms. The summed E-state index contributed by atoms with van der Waals surface area (Å²) in [7, 11) is 0. The minimum absolute atomic E-state index is 0.260. The van der Waals surface area contributed by atoms with Gasteiger partial charge in [-0.3, -0.25) is 4.79 Å². The maximum absolute atomic E-state index is 12.1. The number of aromatic nitrogens is 1. The highest BCUT2D eigenvalue weighted by atomic mass is 32.1. The molecular weight excluding hydrogens is 334 g/mol. The fourth-order valence-electron chi connectivity index (χ4n) is 2.10. The Bertz CT molecular complexity index is 923. The molecule has 1 aromatic heterocycles. The number of thiazole rings is 1. The largest absolute Gasteiger partial charge is 0.350 e. The average molecular weight is 349 g/mol. The van der Waals surface area contributed by atoms with Crippen LogP contribution in [0.15, 0.2) is 53.6 Å². The minimum atomic E-state index is -0.473. The van der Waals surface area contributed by atoms with Gasteiger partial charge in [0.15, 0.2) is 5.13 Å². The third-order valence-electron chi connectivity index (χ3n) is 3.46. The molecule has 3 rings (SSSR count). The van der Waals surface area contributed by atoms with Gasteiger partial charge < -0.3 is 5.32 Å². The molecule has 3 aromatic rings. The molecule has 0 saturated carbocycles. The summed E-state index contributed by atoms with van der Waals surface area (Å²) >= 11 is 1.50. The van der Waals surface area contributed by atoms with Gasteiger partial charge in [-0.25, -0.2) is 10.4 Å². The number of nitrogens with zero attached hydrogens (tertiary/aromatic N) is 3. The van der Waals surface area contributed by atoms with E-state index in [9.17, 15) is 4.79 Å². The van der Waals surface area contributed by atoms with Crippen LogP contribution in [-0.4, -0.2) is 23.1 Å². The zero-order chi connectivity index (χ0) is 17.6.